The summed E-state index contributed by atoms with van der Waals surface area (Å²) in [5.41, 5.74) is 2.54. The molecule has 0 aliphatic carbocycles. The van der Waals surface area contributed by atoms with Crippen LogP contribution in [0, 0.1) is 12.9 Å². The number of aromatic nitrogens is 2. The van der Waals surface area contributed by atoms with Crippen molar-refractivity contribution < 1.29 is 9.18 Å². The van der Waals surface area contributed by atoms with E-state index in [2.05, 4.69) is 15.3 Å². The van der Waals surface area contributed by atoms with E-state index in [-0.39, 0.29) is 12.1 Å². The number of nitrogens with zero attached hydrogens (tertiary/aromatic N) is 3. The van der Waals surface area contributed by atoms with Gasteiger partial charge in [0.2, 0.25) is 5.95 Å². The largest absolute Gasteiger partial charge is 0.324 e. The predicted octanol–water partition coefficient (Wildman–Crippen LogP) is 3.02. The Kier molecular flexibility index (Phi) is 5.04. The summed E-state index contributed by atoms with van der Waals surface area (Å²) >= 11 is 0. The lowest BCUT2D eigenvalue weighted by atomic mass is 10.1. The maximum atomic E-state index is 12.7. The Labute approximate surface area is 129 Å². The highest BCUT2D eigenvalue weighted by Crippen LogP contribution is 2.10. The third-order valence-electron chi connectivity index (χ3n) is 3.44. The van der Waals surface area contributed by atoms with E-state index >= 15 is 0 Å². The summed E-state index contributed by atoms with van der Waals surface area (Å²) in [5, 5.41) is 2.68. The summed E-state index contributed by atoms with van der Waals surface area (Å²) < 4.78 is 12.7. The van der Waals surface area contributed by atoms with Crippen molar-refractivity contribution in [2.24, 2.45) is 0 Å². The van der Waals surface area contributed by atoms with E-state index in [1.165, 1.54) is 18.3 Å². The van der Waals surface area contributed by atoms with Gasteiger partial charge in [-0.3, -0.25) is 4.98 Å². The summed E-state index contributed by atoms with van der Waals surface area (Å²) in [7, 11) is 1.72. The van der Waals surface area contributed by atoms with Gasteiger partial charge < -0.3 is 10.2 Å². The van der Waals surface area contributed by atoms with Gasteiger partial charge in [-0.15, -0.1) is 0 Å². The molecule has 0 fully saturated rings. The zero-order valence-electron chi connectivity index (χ0n) is 12.9. The molecule has 2 heterocycles. The highest BCUT2D eigenvalue weighted by molar-refractivity contribution is 5.89. The van der Waals surface area contributed by atoms with Crippen molar-refractivity contribution in [1.82, 2.24) is 14.9 Å². The minimum absolute atomic E-state index is 0.0253. The van der Waals surface area contributed by atoms with Crippen LogP contribution in [0.4, 0.5) is 14.9 Å². The van der Waals surface area contributed by atoms with Crippen molar-refractivity contribution in [2.45, 2.75) is 26.3 Å². The Morgan fingerprint density at radius 2 is 2.14 bits per heavy atom. The predicted molar refractivity (Wildman–Crippen MR) is 83.1 cm³/mol. The smallest absolute Gasteiger partial charge is 0.321 e. The number of anilines is 1. The van der Waals surface area contributed by atoms with Crippen LogP contribution >= 0.6 is 0 Å². The van der Waals surface area contributed by atoms with Crippen LogP contribution in [0.1, 0.15) is 18.2 Å². The number of carbonyl (C=O) groups excluding carboxylic acids is 1. The van der Waals surface area contributed by atoms with Gasteiger partial charge in [-0.2, -0.15) is 4.39 Å². The molecule has 0 aliphatic heterocycles. The number of likely N-dealkylation sites (N-methyl/N-ethyl adjacent to an activating group) is 1. The van der Waals surface area contributed by atoms with Crippen LogP contribution in [0.25, 0.3) is 0 Å². The zero-order valence-corrected chi connectivity index (χ0v) is 12.9. The number of halogens is 1. The van der Waals surface area contributed by atoms with Crippen molar-refractivity contribution in [3.8, 4) is 0 Å². The van der Waals surface area contributed by atoms with Crippen LogP contribution < -0.4 is 5.32 Å². The second-order valence-corrected chi connectivity index (χ2v) is 5.29. The number of carbonyl (C=O) groups is 1. The molecule has 1 N–H and O–H groups in total. The molecular weight excluding hydrogens is 283 g/mol. The minimum atomic E-state index is -0.578. The van der Waals surface area contributed by atoms with Crippen molar-refractivity contribution in [3.05, 3.63) is 53.9 Å². The zero-order chi connectivity index (χ0) is 16.1. The van der Waals surface area contributed by atoms with E-state index < -0.39 is 5.95 Å². The number of hydrogen-bond donors (Lipinski definition) is 1. The van der Waals surface area contributed by atoms with Crippen LogP contribution in [-0.4, -0.2) is 34.0 Å². The van der Waals surface area contributed by atoms with Gasteiger partial charge in [0.15, 0.2) is 0 Å². The first-order valence-electron chi connectivity index (χ1n) is 7.02. The van der Waals surface area contributed by atoms with E-state index in [0.717, 1.165) is 11.3 Å². The lowest BCUT2D eigenvalue weighted by Crippen LogP contribution is -2.39. The number of hydrogen-bond acceptors (Lipinski definition) is 3. The summed E-state index contributed by atoms with van der Waals surface area (Å²) in [4.78, 5) is 21.6. The van der Waals surface area contributed by atoms with E-state index in [1.807, 2.05) is 26.0 Å². The third-order valence-corrected chi connectivity index (χ3v) is 3.44. The van der Waals surface area contributed by atoms with Gasteiger partial charge in [-0.25, -0.2) is 9.78 Å². The standard InChI is InChI=1S/C16H19FN4O/c1-11-6-7-18-14(8-11)9-12(2)21(3)16(22)20-13-4-5-15(17)19-10-13/h4-8,10,12H,9H2,1-3H3,(H,20,22)/t12-/m1/s1. The summed E-state index contributed by atoms with van der Waals surface area (Å²) in [6.07, 6.45) is 3.71. The fourth-order valence-electron chi connectivity index (χ4n) is 2.01. The molecule has 0 aliphatic rings. The molecule has 0 saturated carbocycles. The molecule has 0 radical (unpaired) electrons. The Balaban J connectivity index is 1.95. The van der Waals surface area contributed by atoms with Crippen LogP contribution in [0.3, 0.4) is 0 Å². The van der Waals surface area contributed by atoms with E-state index in [0.29, 0.717) is 12.1 Å². The van der Waals surface area contributed by atoms with Crippen molar-refractivity contribution >= 4 is 11.7 Å². The summed E-state index contributed by atoms with van der Waals surface area (Å²) in [6, 6.07) is 6.32. The van der Waals surface area contributed by atoms with Gasteiger partial charge in [0.05, 0.1) is 11.9 Å². The van der Waals surface area contributed by atoms with Gasteiger partial charge in [0, 0.05) is 31.4 Å². The summed E-state index contributed by atoms with van der Waals surface area (Å²) in [5.74, 6) is -0.578. The number of amides is 2. The fraction of sp³-hybridized carbons (Fsp3) is 0.312. The molecule has 1 atom stereocenters. The van der Waals surface area contributed by atoms with Crippen molar-refractivity contribution in [1.29, 1.82) is 0 Å². The molecule has 2 aromatic heterocycles. The van der Waals surface area contributed by atoms with E-state index in [9.17, 15) is 9.18 Å². The highest BCUT2D eigenvalue weighted by Gasteiger charge is 2.17. The highest BCUT2D eigenvalue weighted by atomic mass is 19.1. The average molecular weight is 302 g/mol. The maximum absolute atomic E-state index is 12.7. The third kappa shape index (κ3) is 4.25. The average Bonchev–Trinajstić information content (AvgIpc) is 2.48. The molecule has 0 unspecified atom stereocenters. The van der Waals surface area contributed by atoms with Crippen LogP contribution in [0.15, 0.2) is 36.7 Å². The monoisotopic (exact) mass is 302 g/mol. The molecule has 5 nitrogen and oxygen atoms in total. The molecule has 0 bridgehead atoms. The van der Waals surface area contributed by atoms with Gasteiger partial charge in [0.25, 0.3) is 0 Å². The van der Waals surface area contributed by atoms with Crippen LogP contribution in [0.2, 0.25) is 0 Å². The normalized spacial score (nSPS) is 11.8. The van der Waals surface area contributed by atoms with Crippen molar-refractivity contribution in [2.75, 3.05) is 12.4 Å². The first-order valence-corrected chi connectivity index (χ1v) is 7.02. The second-order valence-electron chi connectivity index (χ2n) is 5.29. The lowest BCUT2D eigenvalue weighted by molar-refractivity contribution is 0.207. The SMILES string of the molecule is Cc1ccnc(C[C@@H](C)N(C)C(=O)Nc2ccc(F)nc2)c1. The number of nitrogens with one attached hydrogen (secondary N) is 1. The molecular formula is C16H19FN4O. The fourth-order valence-corrected chi connectivity index (χ4v) is 2.01. The molecule has 0 spiro atoms. The van der Waals surface area contributed by atoms with Crippen LogP contribution in [0.5, 0.6) is 0 Å². The molecule has 0 saturated heterocycles. The Bertz CT molecular complexity index is 645. The topological polar surface area (TPSA) is 58.1 Å². The first-order chi connectivity index (χ1) is 10.5. The number of rotatable bonds is 4. The first kappa shape index (κ1) is 15.9. The number of urea groups is 1. The molecule has 6 heteroatoms. The van der Waals surface area contributed by atoms with Gasteiger partial charge in [-0.05, 0) is 43.7 Å². The molecule has 22 heavy (non-hydrogen) atoms. The molecule has 0 aromatic carbocycles. The quantitative estimate of drug-likeness (QED) is 0.883. The number of aryl methyl sites for hydroxylation is 1. The summed E-state index contributed by atoms with van der Waals surface area (Å²) in [6.45, 7) is 3.96. The van der Waals surface area contributed by atoms with Gasteiger partial charge >= 0.3 is 6.03 Å². The van der Waals surface area contributed by atoms with E-state index in [1.54, 1.807) is 18.1 Å². The maximum Gasteiger partial charge on any atom is 0.321 e. The molecule has 2 amide bonds. The van der Waals surface area contributed by atoms with Crippen molar-refractivity contribution in [3.63, 3.8) is 0 Å². The Hall–Kier alpha value is -2.50. The number of pyridine rings is 2. The molecule has 2 rings (SSSR count). The van der Waals surface area contributed by atoms with Gasteiger partial charge in [0.1, 0.15) is 0 Å². The van der Waals surface area contributed by atoms with Gasteiger partial charge in [-0.1, -0.05) is 0 Å². The van der Waals surface area contributed by atoms with E-state index in [4.69, 9.17) is 0 Å². The second kappa shape index (κ2) is 6.98. The minimum Gasteiger partial charge on any atom is -0.324 e. The Morgan fingerprint density at radius 3 is 2.77 bits per heavy atom. The van der Waals surface area contributed by atoms with Crippen LogP contribution in [-0.2, 0) is 6.42 Å². The molecule has 2 aromatic rings. The lowest BCUT2D eigenvalue weighted by Gasteiger charge is -2.25. The Morgan fingerprint density at radius 1 is 1.36 bits per heavy atom. The molecule has 116 valence electrons.